The Labute approximate surface area is 127 Å². The van der Waals surface area contributed by atoms with Gasteiger partial charge in [0.2, 0.25) is 11.8 Å². The van der Waals surface area contributed by atoms with E-state index in [1.807, 2.05) is 6.08 Å². The third-order valence-electron chi connectivity index (χ3n) is 3.44. The van der Waals surface area contributed by atoms with Gasteiger partial charge < -0.3 is 20.4 Å². The van der Waals surface area contributed by atoms with Crippen LogP contribution in [0.4, 0.5) is 0 Å². The first kappa shape index (κ1) is 16.0. The summed E-state index contributed by atoms with van der Waals surface area (Å²) in [5.74, 6) is -1.70. The molecule has 0 radical (unpaired) electrons. The van der Waals surface area contributed by atoms with Gasteiger partial charge in [0, 0.05) is 25.1 Å². The van der Waals surface area contributed by atoms with Crippen LogP contribution in [0.5, 0.6) is 0 Å². The average Bonchev–Trinajstić information content (AvgIpc) is 3.24. The second kappa shape index (κ2) is 7.04. The predicted octanol–water partition coefficient (Wildman–Crippen LogP) is -0.0609. The van der Waals surface area contributed by atoms with Gasteiger partial charge >= 0.3 is 5.97 Å². The van der Waals surface area contributed by atoms with Gasteiger partial charge in [-0.25, -0.2) is 0 Å². The number of aliphatic carboxylic acids is 1. The third kappa shape index (κ3) is 4.56. The van der Waals surface area contributed by atoms with Crippen LogP contribution in [0.15, 0.2) is 36.0 Å². The zero-order chi connectivity index (χ0) is 16.1. The van der Waals surface area contributed by atoms with E-state index in [1.54, 1.807) is 6.08 Å². The van der Waals surface area contributed by atoms with E-state index in [2.05, 4.69) is 5.32 Å². The maximum Gasteiger partial charge on any atom is 0.303 e. The Morgan fingerprint density at radius 2 is 2.23 bits per heavy atom. The summed E-state index contributed by atoms with van der Waals surface area (Å²) in [5.41, 5.74) is 1.09. The Kier molecular flexibility index (Phi) is 5.11. The Bertz CT molecular complexity index is 564. The minimum absolute atomic E-state index is 0.0833. The van der Waals surface area contributed by atoms with Gasteiger partial charge in [0.25, 0.3) is 0 Å². The van der Waals surface area contributed by atoms with Crippen LogP contribution in [-0.2, 0) is 14.4 Å². The largest absolute Gasteiger partial charge is 0.481 e. The van der Waals surface area contributed by atoms with Crippen LogP contribution in [0.2, 0.25) is 0 Å². The number of nitrogens with one attached hydrogen (secondary N) is 1. The van der Waals surface area contributed by atoms with Crippen LogP contribution in [0, 0.1) is 0 Å². The van der Waals surface area contributed by atoms with Gasteiger partial charge in [0.15, 0.2) is 0 Å². The van der Waals surface area contributed by atoms with Gasteiger partial charge in [-0.05, 0) is 24.5 Å². The second-order valence-corrected chi connectivity index (χ2v) is 5.17. The molecule has 0 spiro atoms. The first-order valence-electron chi connectivity index (χ1n) is 7.02. The number of carbonyl (C=O) groups excluding carboxylic acids is 2. The number of aliphatic hydroxyl groups excluding tert-OH is 1. The molecule has 1 heterocycles. The second-order valence-electron chi connectivity index (χ2n) is 5.17. The topological polar surface area (TPSA) is 107 Å². The molecule has 2 amide bonds. The number of hydrogen-bond donors (Lipinski definition) is 3. The van der Waals surface area contributed by atoms with E-state index in [4.69, 9.17) is 5.11 Å². The standard InChI is InChI=1S/C15H18N2O5/c18-12(5-3-10-1-2-10)16-9-11(4-8-15(21)22)17-13(19)6-7-14(17)20/h1,3,5-7,11,13,19H,2,4,8-9H2,(H,16,18)(H,21,22)/b5-3-. The van der Waals surface area contributed by atoms with E-state index in [1.165, 1.54) is 23.1 Å². The van der Waals surface area contributed by atoms with E-state index < -0.39 is 24.1 Å². The number of amides is 2. The smallest absolute Gasteiger partial charge is 0.303 e. The summed E-state index contributed by atoms with van der Waals surface area (Å²) in [5, 5.41) is 21.2. The fraction of sp³-hybridized carbons (Fsp3) is 0.400. The molecule has 0 aromatic rings. The maximum atomic E-state index is 11.7. The molecule has 3 N–H and O–H groups in total. The molecule has 0 saturated carbocycles. The summed E-state index contributed by atoms with van der Waals surface area (Å²) < 4.78 is 0. The molecule has 2 aliphatic rings. The van der Waals surface area contributed by atoms with E-state index >= 15 is 0 Å². The van der Waals surface area contributed by atoms with Crippen LogP contribution in [0.1, 0.15) is 19.3 Å². The molecule has 1 aliphatic carbocycles. The molecule has 0 bridgehead atoms. The molecule has 2 rings (SSSR count). The zero-order valence-corrected chi connectivity index (χ0v) is 11.9. The molecular weight excluding hydrogens is 288 g/mol. The molecule has 1 aliphatic heterocycles. The van der Waals surface area contributed by atoms with Crippen molar-refractivity contribution in [1.82, 2.24) is 10.2 Å². The molecule has 0 fully saturated rings. The summed E-state index contributed by atoms with van der Waals surface area (Å²) in [6.45, 7) is 0.0833. The van der Waals surface area contributed by atoms with Gasteiger partial charge in [-0.15, -0.1) is 0 Å². The number of rotatable bonds is 8. The Hall–Kier alpha value is -2.41. The van der Waals surface area contributed by atoms with E-state index in [9.17, 15) is 19.5 Å². The molecule has 0 aromatic carbocycles. The summed E-state index contributed by atoms with van der Waals surface area (Å²) in [6, 6.07) is -0.578. The van der Waals surface area contributed by atoms with Gasteiger partial charge in [-0.2, -0.15) is 0 Å². The molecule has 118 valence electrons. The molecule has 22 heavy (non-hydrogen) atoms. The lowest BCUT2D eigenvalue weighted by molar-refractivity contribution is -0.140. The van der Waals surface area contributed by atoms with Crippen molar-refractivity contribution < 1.29 is 24.6 Å². The minimum Gasteiger partial charge on any atom is -0.481 e. The number of carbonyl (C=O) groups is 3. The highest BCUT2D eigenvalue weighted by Gasteiger charge is 2.31. The number of carboxylic acid groups (broad SMARTS) is 1. The van der Waals surface area contributed by atoms with Crippen LogP contribution in [0.25, 0.3) is 0 Å². The Morgan fingerprint density at radius 3 is 2.77 bits per heavy atom. The predicted molar refractivity (Wildman–Crippen MR) is 77.5 cm³/mol. The number of carboxylic acids is 1. The van der Waals surface area contributed by atoms with Crippen LogP contribution in [0.3, 0.4) is 0 Å². The van der Waals surface area contributed by atoms with Crippen molar-refractivity contribution in [1.29, 1.82) is 0 Å². The van der Waals surface area contributed by atoms with Crippen molar-refractivity contribution in [3.63, 3.8) is 0 Å². The van der Waals surface area contributed by atoms with Crippen LogP contribution in [-0.4, -0.2) is 51.7 Å². The normalized spacial score (nSPS) is 21.1. The summed E-state index contributed by atoms with van der Waals surface area (Å²) in [4.78, 5) is 35.3. The molecule has 2 unspecified atom stereocenters. The Balaban J connectivity index is 1.91. The van der Waals surface area contributed by atoms with Crippen LogP contribution < -0.4 is 5.32 Å². The first-order chi connectivity index (χ1) is 10.5. The number of aliphatic hydroxyl groups is 1. The van der Waals surface area contributed by atoms with Crippen molar-refractivity contribution >= 4 is 17.8 Å². The van der Waals surface area contributed by atoms with Crippen molar-refractivity contribution in [2.45, 2.75) is 31.5 Å². The average molecular weight is 306 g/mol. The van der Waals surface area contributed by atoms with E-state index in [0.29, 0.717) is 0 Å². The Morgan fingerprint density at radius 1 is 1.50 bits per heavy atom. The molecule has 7 heteroatoms. The molecule has 2 atom stereocenters. The molecular formula is C15H18N2O5. The van der Waals surface area contributed by atoms with Crippen molar-refractivity contribution in [3.8, 4) is 0 Å². The molecule has 7 nitrogen and oxygen atoms in total. The van der Waals surface area contributed by atoms with E-state index in [-0.39, 0.29) is 25.3 Å². The monoisotopic (exact) mass is 306 g/mol. The van der Waals surface area contributed by atoms with Gasteiger partial charge in [0.1, 0.15) is 6.23 Å². The highest BCUT2D eigenvalue weighted by Crippen LogP contribution is 2.19. The van der Waals surface area contributed by atoms with Crippen molar-refractivity contribution in [2.75, 3.05) is 6.54 Å². The van der Waals surface area contributed by atoms with Gasteiger partial charge in [-0.3, -0.25) is 14.4 Å². The van der Waals surface area contributed by atoms with Crippen molar-refractivity contribution in [3.05, 3.63) is 36.0 Å². The highest BCUT2D eigenvalue weighted by molar-refractivity contribution is 5.91. The minimum atomic E-state index is -1.09. The lowest BCUT2D eigenvalue weighted by atomic mass is 10.1. The van der Waals surface area contributed by atoms with Gasteiger partial charge in [-0.1, -0.05) is 12.2 Å². The zero-order valence-electron chi connectivity index (χ0n) is 11.9. The lowest BCUT2D eigenvalue weighted by Crippen LogP contribution is -2.48. The third-order valence-corrected chi connectivity index (χ3v) is 3.44. The summed E-state index contributed by atoms with van der Waals surface area (Å²) >= 11 is 0. The summed E-state index contributed by atoms with van der Waals surface area (Å²) in [7, 11) is 0. The number of allylic oxidation sites excluding steroid dienone is 3. The van der Waals surface area contributed by atoms with Gasteiger partial charge in [0.05, 0.1) is 6.04 Å². The number of hydrogen-bond acceptors (Lipinski definition) is 4. The maximum absolute atomic E-state index is 11.7. The number of nitrogens with zero attached hydrogens (tertiary/aromatic N) is 1. The highest BCUT2D eigenvalue weighted by atomic mass is 16.4. The fourth-order valence-corrected chi connectivity index (χ4v) is 2.16. The summed E-state index contributed by atoms with van der Waals surface area (Å²) in [6.07, 6.45) is 7.45. The molecule has 0 aromatic heterocycles. The lowest BCUT2D eigenvalue weighted by Gasteiger charge is -2.30. The van der Waals surface area contributed by atoms with E-state index in [0.717, 1.165) is 12.0 Å². The molecule has 0 saturated heterocycles. The first-order valence-corrected chi connectivity index (χ1v) is 7.02. The van der Waals surface area contributed by atoms with Crippen molar-refractivity contribution in [2.24, 2.45) is 0 Å². The SMILES string of the molecule is O=C(O)CCC(CNC(=O)/C=C\C1=CC1)N1C(=O)C=CC1O. The quantitative estimate of drug-likeness (QED) is 0.545. The van der Waals surface area contributed by atoms with Crippen LogP contribution >= 0.6 is 0 Å². The fourth-order valence-electron chi connectivity index (χ4n) is 2.16.